The highest BCUT2D eigenvalue weighted by Crippen LogP contribution is 2.21. The highest BCUT2D eigenvalue weighted by Gasteiger charge is 2.27. The fourth-order valence-electron chi connectivity index (χ4n) is 2.78. The average Bonchev–Trinajstić information content (AvgIpc) is 3.01. The van der Waals surface area contributed by atoms with Crippen LogP contribution in [0.4, 0.5) is 4.39 Å². The summed E-state index contributed by atoms with van der Waals surface area (Å²) in [4.78, 5) is 26.2. The zero-order chi connectivity index (χ0) is 18.0. The van der Waals surface area contributed by atoms with E-state index in [0.717, 1.165) is 0 Å². The second kappa shape index (κ2) is 7.58. The molecule has 0 saturated carbocycles. The van der Waals surface area contributed by atoms with Crippen LogP contribution in [-0.4, -0.2) is 35.8 Å². The Morgan fingerprint density at radius 2 is 1.96 bits per heavy atom. The molecule has 1 aromatic heterocycles. The maximum absolute atomic E-state index is 13.8. The molecule has 1 aromatic carbocycles. The number of piperidine rings is 1. The van der Waals surface area contributed by atoms with Gasteiger partial charge in [0.2, 0.25) is 0 Å². The summed E-state index contributed by atoms with van der Waals surface area (Å²) in [5, 5.41) is 2.87. The second-order valence-electron chi connectivity index (χ2n) is 5.74. The lowest BCUT2D eigenvalue weighted by molar-refractivity contribution is 0.0666. The molecule has 25 heavy (non-hydrogen) atoms. The number of hydrogen-bond donors (Lipinski definition) is 1. The average molecular weight is 430 g/mol. The van der Waals surface area contributed by atoms with Gasteiger partial charge in [-0.3, -0.25) is 9.59 Å². The molecule has 0 atom stereocenters. The van der Waals surface area contributed by atoms with E-state index in [1.165, 1.54) is 18.2 Å². The first-order chi connectivity index (χ1) is 12.0. The normalized spacial score (nSPS) is 15.2. The minimum Gasteiger partial charge on any atom is -0.444 e. The molecule has 0 unspecified atom stereocenters. The molecule has 1 fully saturated rings. The fourth-order valence-corrected chi connectivity index (χ4v) is 3.34. The largest absolute Gasteiger partial charge is 0.444 e. The van der Waals surface area contributed by atoms with Gasteiger partial charge in [0.15, 0.2) is 10.4 Å². The van der Waals surface area contributed by atoms with Crippen molar-refractivity contribution in [2.24, 2.45) is 0 Å². The van der Waals surface area contributed by atoms with Crippen LogP contribution in [0.3, 0.4) is 0 Å². The van der Waals surface area contributed by atoms with Gasteiger partial charge >= 0.3 is 0 Å². The number of likely N-dealkylation sites (tertiary alicyclic amines) is 1. The number of furan rings is 1. The maximum Gasteiger partial charge on any atom is 0.289 e. The van der Waals surface area contributed by atoms with Gasteiger partial charge in [-0.15, -0.1) is 0 Å². The molecule has 1 aliphatic rings. The minimum atomic E-state index is -0.652. The number of rotatable bonds is 3. The SMILES string of the molecule is O=C(NC1CCN(C(=O)c2ccc(Br)o2)CC1)c1c(F)cccc1Cl. The van der Waals surface area contributed by atoms with E-state index >= 15 is 0 Å². The molecule has 0 bridgehead atoms. The smallest absolute Gasteiger partial charge is 0.289 e. The molecule has 132 valence electrons. The van der Waals surface area contributed by atoms with E-state index in [0.29, 0.717) is 30.6 Å². The third-order valence-corrected chi connectivity index (χ3v) is 4.83. The molecule has 0 aliphatic carbocycles. The van der Waals surface area contributed by atoms with Crippen LogP contribution in [0.5, 0.6) is 0 Å². The summed E-state index contributed by atoms with van der Waals surface area (Å²) in [6.07, 6.45) is 1.15. The van der Waals surface area contributed by atoms with Gasteiger partial charge in [-0.25, -0.2) is 4.39 Å². The zero-order valence-corrected chi connectivity index (χ0v) is 15.4. The maximum atomic E-state index is 13.8. The van der Waals surface area contributed by atoms with Crippen molar-refractivity contribution >= 4 is 39.3 Å². The Balaban J connectivity index is 1.57. The lowest BCUT2D eigenvalue weighted by atomic mass is 10.0. The number of nitrogens with zero attached hydrogens (tertiary/aromatic N) is 1. The first-order valence-electron chi connectivity index (χ1n) is 7.75. The van der Waals surface area contributed by atoms with Crippen molar-refractivity contribution in [1.82, 2.24) is 10.2 Å². The van der Waals surface area contributed by atoms with E-state index < -0.39 is 11.7 Å². The minimum absolute atomic E-state index is 0.0773. The van der Waals surface area contributed by atoms with Crippen molar-refractivity contribution < 1.29 is 18.4 Å². The van der Waals surface area contributed by atoms with Crippen molar-refractivity contribution in [2.75, 3.05) is 13.1 Å². The molecule has 2 heterocycles. The standard InChI is InChI=1S/C17H15BrClFN2O3/c18-14-5-4-13(25-14)17(24)22-8-6-10(7-9-22)21-16(23)15-11(19)2-1-3-12(15)20/h1-5,10H,6-9H2,(H,21,23). The van der Waals surface area contributed by atoms with Crippen LogP contribution in [0, 0.1) is 5.82 Å². The quantitative estimate of drug-likeness (QED) is 0.806. The summed E-state index contributed by atoms with van der Waals surface area (Å²) in [5.41, 5.74) is -0.150. The summed E-state index contributed by atoms with van der Waals surface area (Å²) in [5.74, 6) is -1.11. The molecular formula is C17H15BrClFN2O3. The van der Waals surface area contributed by atoms with Gasteiger partial charge in [0, 0.05) is 19.1 Å². The van der Waals surface area contributed by atoms with Gasteiger partial charge in [0.1, 0.15) is 5.82 Å². The van der Waals surface area contributed by atoms with Crippen LogP contribution in [-0.2, 0) is 0 Å². The summed E-state index contributed by atoms with van der Waals surface area (Å²) in [6.45, 7) is 0.959. The van der Waals surface area contributed by atoms with E-state index in [1.807, 2.05) is 0 Å². The highest BCUT2D eigenvalue weighted by molar-refractivity contribution is 9.10. The third kappa shape index (κ3) is 4.04. The van der Waals surface area contributed by atoms with Gasteiger partial charge in [-0.2, -0.15) is 0 Å². The number of amides is 2. The summed E-state index contributed by atoms with van der Waals surface area (Å²) in [7, 11) is 0. The van der Waals surface area contributed by atoms with Crippen molar-refractivity contribution in [3.8, 4) is 0 Å². The molecule has 1 aliphatic heterocycles. The van der Waals surface area contributed by atoms with Crippen molar-refractivity contribution in [2.45, 2.75) is 18.9 Å². The van der Waals surface area contributed by atoms with E-state index in [4.69, 9.17) is 16.0 Å². The molecule has 1 N–H and O–H groups in total. The van der Waals surface area contributed by atoms with Crippen molar-refractivity contribution in [3.63, 3.8) is 0 Å². The molecule has 2 amide bonds. The van der Waals surface area contributed by atoms with E-state index in [-0.39, 0.29) is 28.3 Å². The first kappa shape index (κ1) is 17.9. The van der Waals surface area contributed by atoms with Crippen molar-refractivity contribution in [3.05, 3.63) is 57.2 Å². The predicted octanol–water partition coefficient (Wildman–Crippen LogP) is 3.87. The van der Waals surface area contributed by atoms with Crippen LogP contribution in [0.1, 0.15) is 33.8 Å². The molecule has 0 spiro atoms. The Kier molecular flexibility index (Phi) is 5.44. The lowest BCUT2D eigenvalue weighted by Crippen LogP contribution is -2.46. The molecule has 1 saturated heterocycles. The molecule has 0 radical (unpaired) electrons. The Hall–Kier alpha value is -1.86. The van der Waals surface area contributed by atoms with Crippen LogP contribution in [0.25, 0.3) is 0 Å². The Morgan fingerprint density at radius 1 is 1.24 bits per heavy atom. The van der Waals surface area contributed by atoms with Crippen LogP contribution < -0.4 is 5.32 Å². The topological polar surface area (TPSA) is 62.6 Å². The second-order valence-corrected chi connectivity index (χ2v) is 6.93. The monoisotopic (exact) mass is 428 g/mol. The predicted molar refractivity (Wildman–Crippen MR) is 94.2 cm³/mol. The van der Waals surface area contributed by atoms with Crippen LogP contribution in [0.15, 0.2) is 39.4 Å². The van der Waals surface area contributed by atoms with E-state index in [9.17, 15) is 14.0 Å². The Labute approximate surface area is 157 Å². The number of hydrogen-bond acceptors (Lipinski definition) is 3. The number of benzene rings is 1. The van der Waals surface area contributed by atoms with Gasteiger partial charge < -0.3 is 14.6 Å². The fraction of sp³-hybridized carbons (Fsp3) is 0.294. The van der Waals surface area contributed by atoms with Crippen LogP contribution >= 0.6 is 27.5 Å². The lowest BCUT2D eigenvalue weighted by Gasteiger charge is -2.32. The zero-order valence-electron chi connectivity index (χ0n) is 13.1. The molecule has 2 aromatic rings. The number of halogens is 3. The molecule has 3 rings (SSSR count). The third-order valence-electron chi connectivity index (χ3n) is 4.09. The highest BCUT2D eigenvalue weighted by atomic mass is 79.9. The Bertz CT molecular complexity index is 783. The number of carbonyl (C=O) groups is 2. The summed E-state index contributed by atoms with van der Waals surface area (Å²) >= 11 is 9.08. The van der Waals surface area contributed by atoms with Gasteiger partial charge in [-0.1, -0.05) is 17.7 Å². The van der Waals surface area contributed by atoms with Crippen LogP contribution in [0.2, 0.25) is 5.02 Å². The molecule has 8 heteroatoms. The summed E-state index contributed by atoms with van der Waals surface area (Å²) in [6, 6.07) is 7.26. The Morgan fingerprint density at radius 3 is 2.56 bits per heavy atom. The van der Waals surface area contributed by atoms with E-state index in [1.54, 1.807) is 17.0 Å². The molecule has 5 nitrogen and oxygen atoms in total. The van der Waals surface area contributed by atoms with E-state index in [2.05, 4.69) is 21.2 Å². The molecular weight excluding hydrogens is 415 g/mol. The van der Waals surface area contributed by atoms with Crippen molar-refractivity contribution in [1.29, 1.82) is 0 Å². The number of nitrogens with one attached hydrogen (secondary N) is 1. The summed E-state index contributed by atoms with van der Waals surface area (Å²) < 4.78 is 19.6. The number of carbonyl (C=O) groups excluding carboxylic acids is 2. The van der Waals surface area contributed by atoms with Gasteiger partial charge in [-0.05, 0) is 53.0 Å². The van der Waals surface area contributed by atoms with Gasteiger partial charge in [0.25, 0.3) is 11.8 Å². The van der Waals surface area contributed by atoms with Gasteiger partial charge in [0.05, 0.1) is 10.6 Å². The first-order valence-corrected chi connectivity index (χ1v) is 8.92.